The molecule has 4 nitrogen and oxygen atoms in total. The SMILES string of the molecule is Cc1ccc(C(=O)OCC(=O)N[C@@H](C)c2ccc(C)c(C)c2)c(C)c1. The van der Waals surface area contributed by atoms with Crippen molar-refractivity contribution in [2.24, 2.45) is 0 Å². The van der Waals surface area contributed by atoms with Crippen LogP contribution in [0.15, 0.2) is 36.4 Å². The number of amides is 1. The third-order valence-electron chi connectivity index (χ3n) is 4.34. The fourth-order valence-corrected chi connectivity index (χ4v) is 2.65. The number of esters is 1. The van der Waals surface area contributed by atoms with Crippen LogP contribution in [0.1, 0.15) is 51.1 Å². The highest BCUT2D eigenvalue weighted by atomic mass is 16.5. The number of carbonyl (C=O) groups is 2. The lowest BCUT2D eigenvalue weighted by Crippen LogP contribution is -2.31. The zero-order chi connectivity index (χ0) is 18.6. The minimum Gasteiger partial charge on any atom is -0.452 e. The Morgan fingerprint density at radius 1 is 0.960 bits per heavy atom. The lowest BCUT2D eigenvalue weighted by atomic mass is 10.0. The Morgan fingerprint density at radius 3 is 2.32 bits per heavy atom. The van der Waals surface area contributed by atoms with E-state index < -0.39 is 5.97 Å². The van der Waals surface area contributed by atoms with Crippen molar-refractivity contribution >= 4 is 11.9 Å². The molecule has 25 heavy (non-hydrogen) atoms. The van der Waals surface area contributed by atoms with Gasteiger partial charge in [0.05, 0.1) is 11.6 Å². The number of nitrogens with one attached hydrogen (secondary N) is 1. The van der Waals surface area contributed by atoms with Crippen LogP contribution in [0.25, 0.3) is 0 Å². The van der Waals surface area contributed by atoms with Crippen LogP contribution in [0.3, 0.4) is 0 Å². The van der Waals surface area contributed by atoms with Crippen molar-refractivity contribution in [1.82, 2.24) is 5.32 Å². The van der Waals surface area contributed by atoms with Crippen molar-refractivity contribution in [3.05, 3.63) is 69.8 Å². The van der Waals surface area contributed by atoms with Crippen molar-refractivity contribution in [1.29, 1.82) is 0 Å². The number of ether oxygens (including phenoxy) is 1. The molecule has 132 valence electrons. The third kappa shape index (κ3) is 4.92. The van der Waals surface area contributed by atoms with Gasteiger partial charge in [0.2, 0.25) is 0 Å². The molecule has 0 aliphatic heterocycles. The van der Waals surface area contributed by atoms with E-state index in [0.717, 1.165) is 16.7 Å². The van der Waals surface area contributed by atoms with Crippen LogP contribution >= 0.6 is 0 Å². The van der Waals surface area contributed by atoms with Crippen LogP contribution in [0.5, 0.6) is 0 Å². The predicted octanol–water partition coefficient (Wildman–Crippen LogP) is 3.95. The summed E-state index contributed by atoms with van der Waals surface area (Å²) in [5.74, 6) is -0.796. The molecule has 2 aromatic carbocycles. The summed E-state index contributed by atoms with van der Waals surface area (Å²) in [5.41, 5.74) is 5.82. The summed E-state index contributed by atoms with van der Waals surface area (Å²) in [6, 6.07) is 11.4. The molecule has 0 bridgehead atoms. The van der Waals surface area contributed by atoms with E-state index in [1.807, 2.05) is 52.0 Å². The second kappa shape index (κ2) is 7.97. The first-order valence-corrected chi connectivity index (χ1v) is 8.39. The second-order valence-corrected chi connectivity index (χ2v) is 6.53. The maximum Gasteiger partial charge on any atom is 0.338 e. The molecule has 0 aromatic heterocycles. The van der Waals surface area contributed by atoms with Gasteiger partial charge in [-0.05, 0) is 62.9 Å². The number of hydrogen-bond acceptors (Lipinski definition) is 3. The molecule has 0 aliphatic rings. The van der Waals surface area contributed by atoms with E-state index in [1.165, 1.54) is 11.1 Å². The maximum atomic E-state index is 12.1. The Balaban J connectivity index is 1.91. The summed E-state index contributed by atoms with van der Waals surface area (Å²) in [4.78, 5) is 24.2. The maximum absolute atomic E-state index is 12.1. The Labute approximate surface area is 149 Å². The topological polar surface area (TPSA) is 55.4 Å². The summed E-state index contributed by atoms with van der Waals surface area (Å²) in [5, 5.41) is 2.86. The molecule has 0 unspecified atom stereocenters. The van der Waals surface area contributed by atoms with Gasteiger partial charge in [-0.2, -0.15) is 0 Å². The number of carbonyl (C=O) groups excluding carboxylic acids is 2. The molecular formula is C21H25NO3. The van der Waals surface area contributed by atoms with Crippen molar-refractivity contribution in [2.45, 2.75) is 40.7 Å². The summed E-state index contributed by atoms with van der Waals surface area (Å²) in [6.07, 6.45) is 0. The lowest BCUT2D eigenvalue weighted by Gasteiger charge is -2.16. The molecule has 0 aliphatic carbocycles. The predicted molar refractivity (Wildman–Crippen MR) is 98.7 cm³/mol. The molecule has 2 aromatic rings. The molecule has 4 heteroatoms. The number of rotatable bonds is 5. The molecular weight excluding hydrogens is 314 g/mol. The van der Waals surface area contributed by atoms with E-state index in [1.54, 1.807) is 6.07 Å². The van der Waals surface area contributed by atoms with Crippen molar-refractivity contribution in [3.63, 3.8) is 0 Å². The first-order chi connectivity index (χ1) is 11.8. The minimum atomic E-state index is -0.480. The van der Waals surface area contributed by atoms with Crippen LogP contribution in [0.2, 0.25) is 0 Å². The average Bonchev–Trinajstić information content (AvgIpc) is 2.55. The Hall–Kier alpha value is -2.62. The quantitative estimate of drug-likeness (QED) is 0.839. The number of benzene rings is 2. The van der Waals surface area contributed by atoms with E-state index in [2.05, 4.69) is 18.3 Å². The fraction of sp³-hybridized carbons (Fsp3) is 0.333. The van der Waals surface area contributed by atoms with Crippen LogP contribution < -0.4 is 5.32 Å². The van der Waals surface area contributed by atoms with Crippen molar-refractivity contribution < 1.29 is 14.3 Å². The smallest absolute Gasteiger partial charge is 0.338 e. The summed E-state index contributed by atoms with van der Waals surface area (Å²) in [6.45, 7) is 9.53. The molecule has 2 rings (SSSR count). The molecule has 0 radical (unpaired) electrons. The molecule has 0 saturated heterocycles. The highest BCUT2D eigenvalue weighted by Crippen LogP contribution is 2.17. The number of hydrogen-bond donors (Lipinski definition) is 1. The van der Waals surface area contributed by atoms with Gasteiger partial charge < -0.3 is 10.1 Å². The molecule has 1 amide bonds. The minimum absolute atomic E-state index is 0.147. The van der Waals surface area contributed by atoms with Gasteiger partial charge in [0.1, 0.15) is 0 Å². The Kier molecular flexibility index (Phi) is 5.97. The van der Waals surface area contributed by atoms with Gasteiger partial charge >= 0.3 is 5.97 Å². The number of aryl methyl sites for hydroxylation is 4. The molecule has 1 N–H and O–H groups in total. The average molecular weight is 339 g/mol. The van der Waals surface area contributed by atoms with Gasteiger partial charge in [-0.15, -0.1) is 0 Å². The fourth-order valence-electron chi connectivity index (χ4n) is 2.65. The first kappa shape index (κ1) is 18.7. The lowest BCUT2D eigenvalue weighted by molar-refractivity contribution is -0.124. The highest BCUT2D eigenvalue weighted by molar-refractivity contribution is 5.92. The molecule has 0 saturated carbocycles. The van der Waals surface area contributed by atoms with Crippen LogP contribution in [0.4, 0.5) is 0 Å². The molecule has 0 heterocycles. The second-order valence-electron chi connectivity index (χ2n) is 6.53. The molecule has 1 atom stereocenters. The standard InChI is InChI=1S/C21H25NO3/c1-13-6-9-19(16(4)10-13)21(24)25-12-20(23)22-17(5)18-8-7-14(2)15(3)11-18/h6-11,17H,12H2,1-5H3,(H,22,23)/t17-/m0/s1. The van der Waals surface area contributed by atoms with Crippen molar-refractivity contribution in [3.8, 4) is 0 Å². The zero-order valence-electron chi connectivity index (χ0n) is 15.5. The van der Waals surface area contributed by atoms with E-state index in [-0.39, 0.29) is 18.6 Å². The largest absolute Gasteiger partial charge is 0.452 e. The summed E-state index contributed by atoms with van der Waals surface area (Å²) >= 11 is 0. The molecule has 0 fully saturated rings. The Morgan fingerprint density at radius 2 is 1.68 bits per heavy atom. The van der Waals surface area contributed by atoms with E-state index >= 15 is 0 Å². The van der Waals surface area contributed by atoms with Crippen molar-refractivity contribution in [2.75, 3.05) is 6.61 Å². The van der Waals surface area contributed by atoms with Crippen LogP contribution in [-0.2, 0) is 9.53 Å². The highest BCUT2D eigenvalue weighted by Gasteiger charge is 2.15. The van der Waals surface area contributed by atoms with E-state index in [9.17, 15) is 9.59 Å². The van der Waals surface area contributed by atoms with E-state index in [0.29, 0.717) is 5.56 Å². The van der Waals surface area contributed by atoms with Crippen LogP contribution in [0, 0.1) is 27.7 Å². The first-order valence-electron chi connectivity index (χ1n) is 8.39. The van der Waals surface area contributed by atoms with E-state index in [4.69, 9.17) is 4.74 Å². The summed E-state index contributed by atoms with van der Waals surface area (Å²) in [7, 11) is 0. The van der Waals surface area contributed by atoms with Gasteiger partial charge in [0.15, 0.2) is 6.61 Å². The normalized spacial score (nSPS) is 11.7. The monoisotopic (exact) mass is 339 g/mol. The van der Waals surface area contributed by atoms with Gasteiger partial charge in [-0.25, -0.2) is 4.79 Å². The molecule has 0 spiro atoms. The van der Waals surface area contributed by atoms with Gasteiger partial charge in [-0.3, -0.25) is 4.79 Å². The van der Waals surface area contributed by atoms with Crippen LogP contribution in [-0.4, -0.2) is 18.5 Å². The van der Waals surface area contributed by atoms with Gasteiger partial charge in [-0.1, -0.05) is 35.9 Å². The summed E-state index contributed by atoms with van der Waals surface area (Å²) < 4.78 is 5.14. The Bertz CT molecular complexity index is 796. The third-order valence-corrected chi connectivity index (χ3v) is 4.34. The van der Waals surface area contributed by atoms with Gasteiger partial charge in [0.25, 0.3) is 5.91 Å². The zero-order valence-corrected chi connectivity index (χ0v) is 15.5. The van der Waals surface area contributed by atoms with Gasteiger partial charge in [0, 0.05) is 0 Å².